The zero-order valence-corrected chi connectivity index (χ0v) is 21.9. The molecule has 5 rings (SSSR count). The summed E-state index contributed by atoms with van der Waals surface area (Å²) in [4.78, 5) is 24.7. The smallest absolute Gasteiger partial charge is 0.404 e. The van der Waals surface area contributed by atoms with E-state index in [1.165, 1.54) is 0 Å². The summed E-state index contributed by atoms with van der Waals surface area (Å²) in [5, 5.41) is 7.83. The molecule has 0 spiro atoms. The molecule has 0 radical (unpaired) electrons. The Bertz CT molecular complexity index is 950. The second-order valence-electron chi connectivity index (χ2n) is 12.2. The second kappa shape index (κ2) is 9.86. The predicted molar refractivity (Wildman–Crippen MR) is 135 cm³/mol. The number of nitrogens with one attached hydrogen (secondary N) is 1. The summed E-state index contributed by atoms with van der Waals surface area (Å²) < 4.78 is 13.0. The van der Waals surface area contributed by atoms with Gasteiger partial charge in [0.15, 0.2) is 0 Å². The van der Waals surface area contributed by atoms with Crippen molar-refractivity contribution in [3.05, 3.63) is 17.8 Å². The van der Waals surface area contributed by atoms with Gasteiger partial charge in [-0.3, -0.25) is 4.79 Å². The van der Waals surface area contributed by atoms with Gasteiger partial charge in [-0.2, -0.15) is 5.10 Å². The van der Waals surface area contributed by atoms with E-state index in [4.69, 9.17) is 15.2 Å². The zero-order chi connectivity index (χ0) is 25.4. The van der Waals surface area contributed by atoms with Gasteiger partial charge >= 0.3 is 6.09 Å². The molecule has 8 nitrogen and oxygen atoms in total. The zero-order valence-electron chi connectivity index (χ0n) is 21.9. The van der Waals surface area contributed by atoms with Crippen molar-refractivity contribution in [2.45, 2.75) is 79.2 Å². The molecule has 3 N–H and O–H groups in total. The van der Waals surface area contributed by atoms with E-state index in [1.54, 1.807) is 10.9 Å². The minimum Gasteiger partial charge on any atom is -0.477 e. The summed E-state index contributed by atoms with van der Waals surface area (Å²) in [6.07, 6.45) is 11.2. The first-order valence-electron chi connectivity index (χ1n) is 13.1. The molecule has 4 fully saturated rings. The molecule has 0 aliphatic heterocycles. The van der Waals surface area contributed by atoms with Gasteiger partial charge < -0.3 is 20.5 Å². The normalized spacial score (nSPS) is 29.7. The van der Waals surface area contributed by atoms with E-state index in [0.29, 0.717) is 48.3 Å². The van der Waals surface area contributed by atoms with E-state index in [9.17, 15) is 9.59 Å². The lowest BCUT2D eigenvalue weighted by molar-refractivity contribution is -0.0977. The molecule has 1 heterocycles. The summed E-state index contributed by atoms with van der Waals surface area (Å²) in [6.45, 7) is 11.6. The van der Waals surface area contributed by atoms with Crippen molar-refractivity contribution in [3.63, 3.8) is 0 Å². The first-order valence-corrected chi connectivity index (χ1v) is 13.1. The molecule has 4 aliphatic carbocycles. The van der Waals surface area contributed by atoms with Gasteiger partial charge in [0.05, 0.1) is 19.4 Å². The van der Waals surface area contributed by atoms with Gasteiger partial charge in [0.2, 0.25) is 5.88 Å². The van der Waals surface area contributed by atoms with Crippen molar-refractivity contribution in [2.75, 3.05) is 13.2 Å². The molecule has 35 heavy (non-hydrogen) atoms. The topological polar surface area (TPSA) is 108 Å². The highest BCUT2D eigenvalue weighted by Crippen LogP contribution is 2.60. The molecule has 1 aromatic heterocycles. The van der Waals surface area contributed by atoms with Crippen LogP contribution in [-0.2, 0) is 4.74 Å². The van der Waals surface area contributed by atoms with E-state index in [0.717, 1.165) is 38.5 Å². The number of carbonyl (C=O) groups excluding carboxylic acids is 2. The Morgan fingerprint density at radius 1 is 1.29 bits per heavy atom. The fourth-order valence-corrected chi connectivity index (χ4v) is 6.45. The Morgan fingerprint density at radius 3 is 2.57 bits per heavy atom. The van der Waals surface area contributed by atoms with Crippen LogP contribution in [0.1, 0.15) is 83.5 Å². The van der Waals surface area contributed by atoms with Crippen molar-refractivity contribution >= 4 is 18.2 Å². The quantitative estimate of drug-likeness (QED) is 0.492. The lowest BCUT2D eigenvalue weighted by atomic mass is 9.48. The monoisotopic (exact) mass is 486 g/mol. The van der Waals surface area contributed by atoms with Crippen molar-refractivity contribution in [3.8, 4) is 5.88 Å². The van der Waals surface area contributed by atoms with Crippen molar-refractivity contribution in [1.29, 1.82) is 0 Å². The molecule has 4 bridgehead atoms. The summed E-state index contributed by atoms with van der Waals surface area (Å²) in [6, 6.07) is 0.122. The largest absolute Gasteiger partial charge is 0.477 e. The minimum absolute atomic E-state index is 0.0139. The SMILES string of the molecule is CCC(C)(C)/C=C/n1ncc(C(=O)NC2C3CC4CC2CC(COC(N)=O)(C4)C3)c1OCC(C)C. The number of amides is 2. The maximum absolute atomic E-state index is 13.5. The highest BCUT2D eigenvalue weighted by atomic mass is 16.5. The number of hydrogen-bond acceptors (Lipinski definition) is 5. The van der Waals surface area contributed by atoms with Gasteiger partial charge in [-0.15, -0.1) is 0 Å². The first kappa shape index (κ1) is 25.6. The molecule has 1 aromatic rings. The van der Waals surface area contributed by atoms with Crippen LogP contribution in [0.4, 0.5) is 4.79 Å². The number of carbonyl (C=O) groups is 2. The number of allylic oxidation sites excluding steroid dienone is 1. The number of rotatable bonds is 10. The third-order valence-corrected chi connectivity index (χ3v) is 8.34. The summed E-state index contributed by atoms with van der Waals surface area (Å²) >= 11 is 0. The van der Waals surface area contributed by atoms with Crippen molar-refractivity contribution in [2.24, 2.45) is 40.2 Å². The van der Waals surface area contributed by atoms with Crippen LogP contribution in [0.5, 0.6) is 5.88 Å². The maximum Gasteiger partial charge on any atom is 0.404 e. The molecular weight excluding hydrogens is 444 g/mol. The molecule has 4 aliphatic rings. The molecule has 4 saturated carbocycles. The maximum atomic E-state index is 13.5. The van der Waals surface area contributed by atoms with E-state index < -0.39 is 6.09 Å². The van der Waals surface area contributed by atoms with Crippen LogP contribution in [0.15, 0.2) is 12.3 Å². The average molecular weight is 487 g/mol. The van der Waals surface area contributed by atoms with Gasteiger partial charge in [-0.05, 0) is 67.6 Å². The minimum atomic E-state index is -0.701. The molecule has 0 saturated heterocycles. The number of nitrogens with zero attached hydrogens (tertiary/aromatic N) is 2. The highest BCUT2D eigenvalue weighted by molar-refractivity contribution is 5.96. The van der Waals surface area contributed by atoms with Gasteiger partial charge in [0.1, 0.15) is 5.56 Å². The summed E-state index contributed by atoms with van der Waals surface area (Å²) in [5.41, 5.74) is 5.77. The lowest BCUT2D eigenvalue weighted by Gasteiger charge is -2.59. The standard InChI is InChI=1S/C27H42N4O4/c1-6-26(4,5)7-8-31-24(34-15-17(2)3)21(14-29-31)23(32)30-22-19-9-18-10-20(22)13-27(11-18,12-19)16-35-25(28)33/h7-8,14,17-20,22H,6,9-13,15-16H2,1-5H3,(H2,28,33)(H,30,32)/b8-7+. The second-order valence-corrected chi connectivity index (χ2v) is 12.2. The van der Waals surface area contributed by atoms with Crippen LogP contribution in [0.25, 0.3) is 6.20 Å². The fraction of sp³-hybridized carbons (Fsp3) is 0.741. The lowest BCUT2D eigenvalue weighted by Crippen LogP contribution is -2.60. The molecule has 2 unspecified atom stereocenters. The number of aromatic nitrogens is 2. The predicted octanol–water partition coefficient (Wildman–Crippen LogP) is 4.84. The van der Waals surface area contributed by atoms with Gasteiger partial charge in [0.25, 0.3) is 5.91 Å². The molecule has 8 heteroatoms. The highest BCUT2D eigenvalue weighted by Gasteiger charge is 2.56. The molecular formula is C27H42N4O4. The average Bonchev–Trinajstić information content (AvgIpc) is 3.20. The summed E-state index contributed by atoms with van der Waals surface area (Å²) in [7, 11) is 0. The Balaban J connectivity index is 1.50. The third kappa shape index (κ3) is 5.67. The van der Waals surface area contributed by atoms with E-state index >= 15 is 0 Å². The van der Waals surface area contributed by atoms with Crippen LogP contribution in [0, 0.1) is 34.5 Å². The number of hydrogen-bond donors (Lipinski definition) is 2. The Morgan fingerprint density at radius 2 is 1.97 bits per heavy atom. The van der Waals surface area contributed by atoms with Crippen LogP contribution in [-0.4, -0.2) is 41.0 Å². The molecule has 2 amide bonds. The fourth-order valence-electron chi connectivity index (χ4n) is 6.45. The molecule has 194 valence electrons. The number of ether oxygens (including phenoxy) is 2. The van der Waals surface area contributed by atoms with Crippen molar-refractivity contribution < 1.29 is 19.1 Å². The Hall–Kier alpha value is -2.51. The first-order chi connectivity index (χ1) is 16.5. The van der Waals surface area contributed by atoms with E-state index in [-0.39, 0.29) is 22.8 Å². The van der Waals surface area contributed by atoms with Gasteiger partial charge in [-0.25, -0.2) is 9.48 Å². The number of nitrogens with two attached hydrogens (primary N) is 1. The van der Waals surface area contributed by atoms with E-state index in [1.807, 2.05) is 6.20 Å². The van der Waals surface area contributed by atoms with E-state index in [2.05, 4.69) is 51.1 Å². The third-order valence-electron chi connectivity index (χ3n) is 8.34. The summed E-state index contributed by atoms with van der Waals surface area (Å²) in [5.74, 6) is 2.11. The van der Waals surface area contributed by atoms with Gasteiger partial charge in [0, 0.05) is 17.7 Å². The van der Waals surface area contributed by atoms with Crippen LogP contribution < -0.4 is 15.8 Å². The Kier molecular flexibility index (Phi) is 7.21. The van der Waals surface area contributed by atoms with Crippen LogP contribution in [0.3, 0.4) is 0 Å². The molecule has 0 aromatic carbocycles. The number of primary amides is 1. The van der Waals surface area contributed by atoms with Crippen LogP contribution >= 0.6 is 0 Å². The molecule has 2 atom stereocenters. The van der Waals surface area contributed by atoms with Gasteiger partial charge in [-0.1, -0.05) is 40.7 Å². The van der Waals surface area contributed by atoms with Crippen molar-refractivity contribution in [1.82, 2.24) is 15.1 Å². The Labute approximate surface area is 209 Å². The van der Waals surface area contributed by atoms with Crippen LogP contribution in [0.2, 0.25) is 0 Å².